The summed E-state index contributed by atoms with van der Waals surface area (Å²) >= 11 is 3.71. The van der Waals surface area contributed by atoms with Crippen LogP contribution in [0.3, 0.4) is 0 Å². The molecule has 2 aromatic rings. The molecule has 0 amide bonds. The van der Waals surface area contributed by atoms with Gasteiger partial charge in [-0.15, -0.1) is 0 Å². The summed E-state index contributed by atoms with van der Waals surface area (Å²) in [5, 5.41) is 0.713. The number of benzene rings is 1. The molecule has 0 aliphatic carbocycles. The van der Waals surface area contributed by atoms with Gasteiger partial charge in [0.15, 0.2) is 5.16 Å². The maximum absolute atomic E-state index is 5.89. The number of halogens is 1. The van der Waals surface area contributed by atoms with E-state index >= 15 is 0 Å². The van der Waals surface area contributed by atoms with Gasteiger partial charge in [-0.2, -0.15) is 0 Å². The Morgan fingerprint density at radius 3 is 2.60 bits per heavy atom. The number of rotatable bonds is 2. The van der Waals surface area contributed by atoms with Gasteiger partial charge in [0.2, 0.25) is 0 Å². The van der Waals surface area contributed by atoms with E-state index in [-0.39, 0.29) is 0 Å². The highest BCUT2D eigenvalue weighted by molar-refractivity contribution is 14.1. The van der Waals surface area contributed by atoms with Crippen LogP contribution in [0.2, 0.25) is 0 Å². The van der Waals surface area contributed by atoms with Crippen molar-refractivity contribution in [2.45, 2.75) is 10.1 Å². The summed E-state index contributed by atoms with van der Waals surface area (Å²) in [6.07, 6.45) is 3.44. The summed E-state index contributed by atoms with van der Waals surface area (Å²) in [6, 6.07) is 7.73. The lowest BCUT2D eigenvalue weighted by Crippen LogP contribution is -1.90. The molecule has 0 unspecified atom stereocenters. The second-order valence-corrected chi connectivity index (χ2v) is 5.07. The number of hydrogen-bond donors (Lipinski definition) is 1. The first-order valence-electron chi connectivity index (χ1n) is 4.25. The van der Waals surface area contributed by atoms with Crippen LogP contribution in [0.5, 0.6) is 0 Å². The normalized spacial score (nSPS) is 10.2. The third-order valence-corrected chi connectivity index (χ3v) is 3.37. The standard InChI is InChI=1S/C10H8IN3S/c11-7-2-3-9(8(12)6-7)15-10-13-4-1-5-14-10/h1-6H,12H2. The van der Waals surface area contributed by atoms with Crippen molar-refractivity contribution in [3.05, 3.63) is 40.2 Å². The van der Waals surface area contributed by atoms with E-state index < -0.39 is 0 Å². The van der Waals surface area contributed by atoms with Crippen molar-refractivity contribution in [2.24, 2.45) is 0 Å². The number of nitrogens with two attached hydrogens (primary N) is 1. The van der Waals surface area contributed by atoms with Crippen molar-refractivity contribution in [1.82, 2.24) is 9.97 Å². The minimum atomic E-state index is 0.713. The van der Waals surface area contributed by atoms with Gasteiger partial charge in [-0.05, 0) is 58.6 Å². The molecule has 0 saturated carbocycles. The van der Waals surface area contributed by atoms with E-state index in [2.05, 4.69) is 32.6 Å². The Balaban J connectivity index is 2.25. The van der Waals surface area contributed by atoms with Crippen molar-refractivity contribution in [1.29, 1.82) is 0 Å². The van der Waals surface area contributed by atoms with Gasteiger partial charge in [-0.1, -0.05) is 0 Å². The van der Waals surface area contributed by atoms with E-state index in [0.717, 1.165) is 14.2 Å². The van der Waals surface area contributed by atoms with Crippen LogP contribution in [0, 0.1) is 3.57 Å². The highest BCUT2D eigenvalue weighted by Gasteiger charge is 2.03. The van der Waals surface area contributed by atoms with E-state index in [1.165, 1.54) is 11.8 Å². The molecule has 2 rings (SSSR count). The van der Waals surface area contributed by atoms with Crippen molar-refractivity contribution in [2.75, 3.05) is 5.73 Å². The molecule has 1 heterocycles. The topological polar surface area (TPSA) is 51.8 Å². The average Bonchev–Trinajstić information content (AvgIpc) is 2.24. The predicted octanol–water partition coefficient (Wildman–Crippen LogP) is 2.81. The van der Waals surface area contributed by atoms with Crippen molar-refractivity contribution < 1.29 is 0 Å². The summed E-state index contributed by atoms with van der Waals surface area (Å²) < 4.78 is 1.13. The largest absolute Gasteiger partial charge is 0.398 e. The molecule has 0 bridgehead atoms. The predicted molar refractivity (Wildman–Crippen MR) is 69.7 cm³/mol. The fourth-order valence-electron chi connectivity index (χ4n) is 1.05. The van der Waals surface area contributed by atoms with Crippen LogP contribution < -0.4 is 5.73 Å². The smallest absolute Gasteiger partial charge is 0.192 e. The molecule has 76 valence electrons. The van der Waals surface area contributed by atoms with Gasteiger partial charge in [0.1, 0.15) is 0 Å². The van der Waals surface area contributed by atoms with Crippen LogP contribution in [-0.2, 0) is 0 Å². The van der Waals surface area contributed by atoms with Crippen molar-refractivity contribution >= 4 is 40.0 Å². The zero-order valence-electron chi connectivity index (χ0n) is 7.72. The molecule has 0 atom stereocenters. The Morgan fingerprint density at radius 2 is 1.93 bits per heavy atom. The number of nitrogens with zero attached hydrogens (tertiary/aromatic N) is 2. The number of aromatic nitrogens is 2. The summed E-state index contributed by atoms with van der Waals surface area (Å²) in [4.78, 5) is 9.25. The molecule has 5 heteroatoms. The monoisotopic (exact) mass is 329 g/mol. The molecule has 15 heavy (non-hydrogen) atoms. The van der Waals surface area contributed by atoms with Gasteiger partial charge < -0.3 is 5.73 Å². The lowest BCUT2D eigenvalue weighted by molar-refractivity contribution is 0.967. The van der Waals surface area contributed by atoms with Crippen LogP contribution >= 0.6 is 34.4 Å². The number of nitrogen functional groups attached to an aromatic ring is 1. The fraction of sp³-hybridized carbons (Fsp3) is 0. The Labute approximate surface area is 106 Å². The maximum Gasteiger partial charge on any atom is 0.192 e. The van der Waals surface area contributed by atoms with E-state index in [1.807, 2.05) is 18.2 Å². The molecule has 0 aliphatic rings. The molecule has 0 aliphatic heterocycles. The Hall–Kier alpha value is -0.820. The maximum atomic E-state index is 5.89. The van der Waals surface area contributed by atoms with Gasteiger partial charge in [-0.25, -0.2) is 9.97 Å². The van der Waals surface area contributed by atoms with E-state index in [4.69, 9.17) is 5.73 Å². The van der Waals surface area contributed by atoms with Gasteiger partial charge in [0, 0.05) is 26.5 Å². The lowest BCUT2D eigenvalue weighted by Gasteiger charge is -2.03. The highest BCUT2D eigenvalue weighted by Crippen LogP contribution is 2.30. The van der Waals surface area contributed by atoms with E-state index in [0.29, 0.717) is 5.16 Å². The number of hydrogen-bond acceptors (Lipinski definition) is 4. The molecule has 0 spiro atoms. The van der Waals surface area contributed by atoms with Gasteiger partial charge in [0.05, 0.1) is 0 Å². The summed E-state index contributed by atoms with van der Waals surface area (Å²) in [7, 11) is 0. The Kier molecular flexibility index (Phi) is 3.42. The van der Waals surface area contributed by atoms with Crippen LogP contribution in [0.1, 0.15) is 0 Å². The zero-order valence-corrected chi connectivity index (χ0v) is 10.7. The van der Waals surface area contributed by atoms with Gasteiger partial charge in [0.25, 0.3) is 0 Å². The minimum absolute atomic E-state index is 0.713. The van der Waals surface area contributed by atoms with Gasteiger partial charge >= 0.3 is 0 Å². The molecule has 3 nitrogen and oxygen atoms in total. The average molecular weight is 329 g/mol. The molecular formula is C10H8IN3S. The first kappa shape index (κ1) is 10.7. The molecule has 1 aromatic heterocycles. The van der Waals surface area contributed by atoms with Crippen molar-refractivity contribution in [3.8, 4) is 0 Å². The van der Waals surface area contributed by atoms with Gasteiger partial charge in [-0.3, -0.25) is 0 Å². The third kappa shape index (κ3) is 2.82. The van der Waals surface area contributed by atoms with Crippen LogP contribution in [-0.4, -0.2) is 9.97 Å². The summed E-state index contributed by atoms with van der Waals surface area (Å²) in [6.45, 7) is 0. The summed E-state index contributed by atoms with van der Waals surface area (Å²) in [5.74, 6) is 0. The van der Waals surface area contributed by atoms with Crippen LogP contribution in [0.25, 0.3) is 0 Å². The lowest BCUT2D eigenvalue weighted by atomic mass is 10.3. The first-order chi connectivity index (χ1) is 7.25. The van der Waals surface area contributed by atoms with E-state index in [9.17, 15) is 0 Å². The zero-order chi connectivity index (χ0) is 10.7. The first-order valence-corrected chi connectivity index (χ1v) is 6.15. The van der Waals surface area contributed by atoms with Crippen LogP contribution in [0.15, 0.2) is 46.7 Å². The second kappa shape index (κ2) is 4.80. The molecule has 0 saturated heterocycles. The van der Waals surface area contributed by atoms with Crippen LogP contribution in [0.4, 0.5) is 5.69 Å². The number of anilines is 1. The quantitative estimate of drug-likeness (QED) is 0.523. The second-order valence-electron chi connectivity index (χ2n) is 2.82. The molecule has 2 N–H and O–H groups in total. The molecule has 0 radical (unpaired) electrons. The van der Waals surface area contributed by atoms with Crippen molar-refractivity contribution in [3.63, 3.8) is 0 Å². The summed E-state index contributed by atoms with van der Waals surface area (Å²) in [5.41, 5.74) is 6.65. The molecule has 1 aromatic carbocycles. The van der Waals surface area contributed by atoms with E-state index in [1.54, 1.807) is 18.5 Å². The minimum Gasteiger partial charge on any atom is -0.398 e. The Bertz CT molecular complexity index is 461. The fourth-order valence-corrected chi connectivity index (χ4v) is 2.30. The molecular weight excluding hydrogens is 321 g/mol. The highest BCUT2D eigenvalue weighted by atomic mass is 127. The Morgan fingerprint density at radius 1 is 1.20 bits per heavy atom. The third-order valence-electron chi connectivity index (χ3n) is 1.72. The SMILES string of the molecule is Nc1cc(I)ccc1Sc1ncccn1. The molecule has 0 fully saturated rings.